The summed E-state index contributed by atoms with van der Waals surface area (Å²) in [6.07, 6.45) is -2.07. The highest BCUT2D eigenvalue weighted by Crippen LogP contribution is 2.63. The molecular weight excluding hydrogens is 1100 g/mol. The normalized spacial score (nSPS) is 29.2. The fraction of sp³-hybridized carbons (Fsp3) is 0.705. The Morgan fingerprint density at radius 1 is 0.576 bits per heavy atom. The molecule has 1 unspecified atom stereocenters. The molecular formula is C61H91N7O17. The molecule has 472 valence electrons. The molecule has 1 fully saturated rings. The number of carbonyl (C=O) groups excluding carboxylic acids is 9. The third-order valence-electron chi connectivity index (χ3n) is 18.5. The van der Waals surface area contributed by atoms with Crippen LogP contribution >= 0.6 is 0 Å². The number of fused-ring (bicyclic) bond motifs is 6. The number of aliphatic hydroxyl groups is 1. The lowest BCUT2D eigenvalue weighted by atomic mass is 9.56. The first-order chi connectivity index (χ1) is 39.7. The van der Waals surface area contributed by atoms with Crippen LogP contribution in [0.2, 0.25) is 0 Å². The summed E-state index contributed by atoms with van der Waals surface area (Å²) in [6.45, 7) is 19.6. The number of aliphatic imine (C=N–C) groups is 3. The number of amides is 3. The van der Waals surface area contributed by atoms with Crippen LogP contribution in [0.4, 0.5) is 4.79 Å². The molecule has 0 aliphatic carbocycles. The van der Waals surface area contributed by atoms with Crippen LogP contribution in [0.1, 0.15) is 153 Å². The second-order valence-electron chi connectivity index (χ2n) is 25.1. The number of hydrogen-bond acceptors (Lipinski definition) is 21. The van der Waals surface area contributed by atoms with Crippen LogP contribution in [-0.2, 0) is 71.5 Å². The van der Waals surface area contributed by atoms with Crippen molar-refractivity contribution in [2.75, 3.05) is 62.4 Å². The minimum absolute atomic E-state index is 0.00512. The quantitative estimate of drug-likeness (QED) is 0.0560. The van der Waals surface area contributed by atoms with Gasteiger partial charge in [0, 0.05) is 108 Å². The first kappa shape index (κ1) is 68.8. The number of allylic oxidation sites excluding steroid dienone is 6. The fourth-order valence-corrected chi connectivity index (χ4v) is 13.6. The number of aliphatic hydroxyl groups excluding tert-OH is 1. The van der Waals surface area contributed by atoms with Gasteiger partial charge in [-0.3, -0.25) is 53.3 Å². The van der Waals surface area contributed by atoms with Gasteiger partial charge in [-0.1, -0.05) is 34.6 Å². The first-order valence-electron chi connectivity index (χ1n) is 29.0. The number of rotatable bonds is 24. The van der Waals surface area contributed by atoms with Crippen molar-refractivity contribution in [2.45, 2.75) is 170 Å². The monoisotopic (exact) mass is 1190 g/mol. The van der Waals surface area contributed by atoms with Crippen LogP contribution in [0.5, 0.6) is 0 Å². The lowest BCUT2D eigenvalue weighted by Gasteiger charge is -2.48. The molecule has 0 spiro atoms. The van der Waals surface area contributed by atoms with Gasteiger partial charge < -0.3 is 59.5 Å². The van der Waals surface area contributed by atoms with E-state index in [0.29, 0.717) is 39.7 Å². The molecule has 85 heavy (non-hydrogen) atoms. The lowest BCUT2D eigenvalue weighted by Crippen LogP contribution is -2.58. The number of esters is 6. The van der Waals surface area contributed by atoms with E-state index in [-0.39, 0.29) is 108 Å². The van der Waals surface area contributed by atoms with Gasteiger partial charge in [0.1, 0.15) is 5.60 Å². The molecule has 3 amide bonds. The van der Waals surface area contributed by atoms with Gasteiger partial charge in [-0.2, -0.15) is 0 Å². The molecule has 5 aliphatic heterocycles. The molecule has 0 saturated carbocycles. The molecule has 0 aromatic rings. The van der Waals surface area contributed by atoms with E-state index in [2.05, 4.69) is 21.3 Å². The van der Waals surface area contributed by atoms with Gasteiger partial charge in [0.15, 0.2) is 0 Å². The van der Waals surface area contributed by atoms with Crippen LogP contribution in [0, 0.1) is 45.3 Å². The zero-order valence-corrected chi connectivity index (χ0v) is 52.8. The highest BCUT2D eigenvalue weighted by molar-refractivity contribution is 6.13. The first-order valence-corrected chi connectivity index (χ1v) is 29.0. The molecule has 5 heterocycles. The molecule has 0 aromatic heterocycles. The molecule has 5 aliphatic rings. The van der Waals surface area contributed by atoms with Gasteiger partial charge in [0.05, 0.1) is 103 Å². The number of hydrogen-bond donors (Lipinski definition) is 5. The maximum atomic E-state index is 14.8. The van der Waals surface area contributed by atoms with Crippen molar-refractivity contribution in [3.8, 4) is 0 Å². The van der Waals surface area contributed by atoms with Crippen molar-refractivity contribution in [1.82, 2.24) is 21.3 Å². The van der Waals surface area contributed by atoms with Crippen molar-refractivity contribution < 1.29 is 81.4 Å². The van der Waals surface area contributed by atoms with Gasteiger partial charge in [0.25, 0.3) is 0 Å². The molecule has 24 nitrogen and oxygen atoms in total. The number of nitrogens with zero attached hydrogens (tertiary/aromatic N) is 3. The van der Waals surface area contributed by atoms with Crippen LogP contribution in [-0.4, -0.2) is 156 Å². The number of carbonyl (C=O) groups is 9. The predicted octanol–water partition coefficient (Wildman–Crippen LogP) is 5.83. The molecule has 1 saturated heterocycles. The topological polar surface area (TPSA) is 324 Å². The van der Waals surface area contributed by atoms with Crippen molar-refractivity contribution in [1.29, 1.82) is 0 Å². The van der Waals surface area contributed by atoms with Crippen LogP contribution in [0.3, 0.4) is 0 Å². The molecule has 0 aromatic carbocycles. The van der Waals surface area contributed by atoms with Crippen LogP contribution in [0.25, 0.3) is 0 Å². The Morgan fingerprint density at radius 3 is 1.68 bits per heavy atom. The summed E-state index contributed by atoms with van der Waals surface area (Å²) < 4.78 is 37.4. The van der Waals surface area contributed by atoms with Gasteiger partial charge >= 0.3 is 41.9 Å². The van der Waals surface area contributed by atoms with Crippen molar-refractivity contribution in [3.63, 3.8) is 0 Å². The maximum Gasteiger partial charge on any atom is 0.407 e. The zero-order chi connectivity index (χ0) is 63.8. The van der Waals surface area contributed by atoms with E-state index in [1.54, 1.807) is 27.7 Å². The average molecular weight is 1190 g/mol. The van der Waals surface area contributed by atoms with E-state index in [4.69, 9.17) is 48.1 Å². The van der Waals surface area contributed by atoms with E-state index in [9.17, 15) is 48.3 Å². The summed E-state index contributed by atoms with van der Waals surface area (Å²) in [4.78, 5) is 141. The smallest absolute Gasteiger partial charge is 0.407 e. The summed E-state index contributed by atoms with van der Waals surface area (Å²) in [6, 6.07) is -0.896. The minimum Gasteiger partial charge on any atom is -0.469 e. The summed E-state index contributed by atoms with van der Waals surface area (Å²) in [5.74, 6) is -7.64. The van der Waals surface area contributed by atoms with Crippen molar-refractivity contribution in [3.05, 3.63) is 33.9 Å². The highest BCUT2D eigenvalue weighted by Gasteiger charge is 2.67. The van der Waals surface area contributed by atoms with E-state index >= 15 is 0 Å². The SMILES string of the molecule is COC(=O)CC[C@@H]1C2=NC(=C(/NC(=O)CCNC(=O)OC(C)(C)C)C3=NC(=C(C)C4=N[C@@](C)(C5N/C(=C\2C)[C@](C)(CCC(=O)OC)[C@H]5CC(=O)OC)[C@@](C)(CC(=O)OC)[C@@H]4CCC(=O)OC)[C@@](C)(CC(=O)OC)[C@@H]3CCC(=O)NCCO)/C1(C)C. The second-order valence-corrected chi connectivity index (χ2v) is 25.1. The highest BCUT2D eigenvalue weighted by atomic mass is 16.6. The fourth-order valence-electron chi connectivity index (χ4n) is 13.6. The largest absolute Gasteiger partial charge is 0.469 e. The standard InChI is InChI=1S/C61H91N7O17/c1-33-47-35(19-22-41(72)79-12)57(6,7)54(65-47)50(64-40(71)25-27-63-55(78)85-56(3,4)5)49-36(18-21-39(70)62-28-29-69)59(9,31-45(76)83-16)52(66-49)34(2)48-37(20-23-42(73)80-13)60(10,32-46(77)84-17)61(11,68-48)53-38(30-44(75)82-15)58(8,51(33)67-53)26-24-43(74)81-14/h35-38,53,67,69H,18-32H2,1-17H3,(H,62,70)(H,63,78)(H,64,71)/b51-33-,52-34?,54-50+/t35-,36-,37-,38+,53?,58-,59+,60+,61+/m1/s1. The average Bonchev–Trinajstić information content (AvgIpc) is 1.55. The number of alkyl carbamates (subject to hydrolysis) is 1. The maximum absolute atomic E-state index is 14.8. The van der Waals surface area contributed by atoms with Gasteiger partial charge in [-0.15, -0.1) is 0 Å². The summed E-state index contributed by atoms with van der Waals surface area (Å²) >= 11 is 0. The third kappa shape index (κ3) is 14.5. The van der Waals surface area contributed by atoms with Gasteiger partial charge in [-0.05, 0) is 78.4 Å². The Kier molecular flexibility index (Phi) is 22.3. The Hall–Kier alpha value is -6.98. The lowest BCUT2D eigenvalue weighted by molar-refractivity contribution is -0.147. The molecule has 24 heteroatoms. The Morgan fingerprint density at radius 2 is 1.12 bits per heavy atom. The molecule has 0 radical (unpaired) electrons. The summed E-state index contributed by atoms with van der Waals surface area (Å²) in [7, 11) is 7.63. The minimum atomic E-state index is -1.46. The van der Waals surface area contributed by atoms with E-state index < -0.39 is 116 Å². The molecule has 5 N–H and O–H groups in total. The third-order valence-corrected chi connectivity index (χ3v) is 18.5. The number of ether oxygens (including phenoxy) is 7. The Balaban J connectivity index is 2.11. The van der Waals surface area contributed by atoms with Crippen molar-refractivity contribution >= 4 is 70.9 Å². The molecule has 5 rings (SSSR count). The van der Waals surface area contributed by atoms with E-state index in [1.165, 1.54) is 42.7 Å². The Bertz CT molecular complexity index is 2840. The number of nitrogens with one attached hydrogen (secondary N) is 4. The van der Waals surface area contributed by atoms with Gasteiger partial charge in [0.2, 0.25) is 11.8 Å². The molecule has 9 atom stereocenters. The van der Waals surface area contributed by atoms with E-state index in [0.717, 1.165) is 0 Å². The number of methoxy groups -OCH3 is 6. The Labute approximate surface area is 498 Å². The predicted molar refractivity (Wildman–Crippen MR) is 312 cm³/mol. The van der Waals surface area contributed by atoms with E-state index in [1.807, 2.05) is 48.5 Å². The zero-order valence-electron chi connectivity index (χ0n) is 52.8. The van der Waals surface area contributed by atoms with Crippen molar-refractivity contribution in [2.24, 2.45) is 60.3 Å². The summed E-state index contributed by atoms with van der Waals surface area (Å²) in [5, 5.41) is 22.1. The van der Waals surface area contributed by atoms with Crippen LogP contribution < -0.4 is 21.3 Å². The summed E-state index contributed by atoms with van der Waals surface area (Å²) in [5.41, 5.74) is -4.00. The van der Waals surface area contributed by atoms with Gasteiger partial charge in [-0.25, -0.2) is 4.79 Å². The second kappa shape index (κ2) is 27.6. The van der Waals surface area contributed by atoms with Crippen LogP contribution in [0.15, 0.2) is 48.9 Å². The molecule has 8 bridgehead atoms.